The van der Waals surface area contributed by atoms with Crippen LogP contribution in [0.3, 0.4) is 0 Å². The Kier molecular flexibility index (Phi) is 6.58. The van der Waals surface area contributed by atoms with Gasteiger partial charge in [-0.15, -0.1) is 0 Å². The molecular weight excluding hydrogens is 226 g/mol. The number of rotatable bonds is 8. The van der Waals surface area contributed by atoms with Crippen molar-refractivity contribution in [2.75, 3.05) is 13.7 Å². The lowest BCUT2D eigenvalue weighted by Crippen LogP contribution is -2.35. The molecule has 0 saturated heterocycles. The molecule has 3 heteroatoms. The topological polar surface area (TPSA) is 30.5 Å². The number of hydrogen-bond donors (Lipinski definition) is 1. The first-order chi connectivity index (χ1) is 8.67. The second kappa shape index (κ2) is 7.98. The lowest BCUT2D eigenvalue weighted by molar-refractivity contribution is 0.176. The van der Waals surface area contributed by atoms with Gasteiger partial charge in [0, 0.05) is 12.6 Å². The fourth-order valence-electron chi connectivity index (χ4n) is 1.79. The van der Waals surface area contributed by atoms with Crippen molar-refractivity contribution in [2.45, 2.75) is 45.8 Å². The van der Waals surface area contributed by atoms with Gasteiger partial charge in [0.25, 0.3) is 0 Å². The van der Waals surface area contributed by atoms with Crippen molar-refractivity contribution < 1.29 is 9.47 Å². The zero-order valence-corrected chi connectivity index (χ0v) is 11.9. The van der Waals surface area contributed by atoms with Gasteiger partial charge in [-0.3, -0.25) is 0 Å². The summed E-state index contributed by atoms with van der Waals surface area (Å²) in [7, 11) is 1.67. The maximum Gasteiger partial charge on any atom is 0.161 e. The highest BCUT2D eigenvalue weighted by Crippen LogP contribution is 2.27. The van der Waals surface area contributed by atoms with E-state index in [1.165, 1.54) is 0 Å². The molecule has 0 aliphatic carbocycles. The predicted molar refractivity (Wildman–Crippen MR) is 75.5 cm³/mol. The summed E-state index contributed by atoms with van der Waals surface area (Å²) in [4.78, 5) is 0. The van der Waals surface area contributed by atoms with Gasteiger partial charge in [-0.25, -0.2) is 0 Å². The molecule has 0 saturated carbocycles. The van der Waals surface area contributed by atoms with E-state index in [1.54, 1.807) is 7.11 Å². The second-order valence-corrected chi connectivity index (χ2v) is 4.74. The Morgan fingerprint density at radius 1 is 1.17 bits per heavy atom. The Bertz CT molecular complexity index is 339. The Morgan fingerprint density at radius 2 is 1.83 bits per heavy atom. The monoisotopic (exact) mass is 251 g/mol. The van der Waals surface area contributed by atoms with E-state index in [2.05, 4.69) is 26.1 Å². The minimum absolute atomic E-state index is 0.189. The maximum absolute atomic E-state index is 6.04. The first-order valence-corrected chi connectivity index (χ1v) is 6.70. The van der Waals surface area contributed by atoms with E-state index >= 15 is 0 Å². The third-order valence-electron chi connectivity index (χ3n) is 2.73. The molecule has 1 N–H and O–H groups in total. The summed E-state index contributed by atoms with van der Waals surface area (Å²) in [5.74, 6) is 1.62. The van der Waals surface area contributed by atoms with Gasteiger partial charge in [0.15, 0.2) is 11.5 Å². The third-order valence-corrected chi connectivity index (χ3v) is 2.73. The first kappa shape index (κ1) is 14.8. The van der Waals surface area contributed by atoms with Crippen LogP contribution in [-0.2, 0) is 0 Å². The SMILES string of the molecule is CCCC(CNC(C)C)Oc1ccccc1OC. The van der Waals surface area contributed by atoms with Crippen LogP contribution in [0.4, 0.5) is 0 Å². The number of para-hydroxylation sites is 2. The van der Waals surface area contributed by atoms with Crippen molar-refractivity contribution in [3.05, 3.63) is 24.3 Å². The van der Waals surface area contributed by atoms with Crippen molar-refractivity contribution in [1.82, 2.24) is 5.32 Å². The fraction of sp³-hybridized carbons (Fsp3) is 0.600. The van der Waals surface area contributed by atoms with E-state index in [1.807, 2.05) is 24.3 Å². The number of nitrogens with one attached hydrogen (secondary N) is 1. The van der Waals surface area contributed by atoms with Gasteiger partial charge < -0.3 is 14.8 Å². The van der Waals surface area contributed by atoms with E-state index in [9.17, 15) is 0 Å². The molecule has 1 aromatic rings. The van der Waals surface area contributed by atoms with Crippen molar-refractivity contribution >= 4 is 0 Å². The van der Waals surface area contributed by atoms with Crippen molar-refractivity contribution in [1.29, 1.82) is 0 Å². The van der Waals surface area contributed by atoms with E-state index in [0.29, 0.717) is 6.04 Å². The summed E-state index contributed by atoms with van der Waals surface area (Å²) in [5.41, 5.74) is 0. The normalized spacial score (nSPS) is 12.5. The molecule has 0 aromatic heterocycles. The predicted octanol–water partition coefficient (Wildman–Crippen LogP) is 3.24. The zero-order chi connectivity index (χ0) is 13.4. The average Bonchev–Trinajstić information content (AvgIpc) is 2.37. The van der Waals surface area contributed by atoms with Crippen LogP contribution in [0.25, 0.3) is 0 Å². The van der Waals surface area contributed by atoms with Crippen LogP contribution in [0.1, 0.15) is 33.6 Å². The van der Waals surface area contributed by atoms with Crippen LogP contribution in [0.5, 0.6) is 11.5 Å². The molecule has 0 aliphatic rings. The number of methoxy groups -OCH3 is 1. The van der Waals surface area contributed by atoms with Crippen LogP contribution in [0.15, 0.2) is 24.3 Å². The van der Waals surface area contributed by atoms with Gasteiger partial charge in [0.2, 0.25) is 0 Å². The summed E-state index contributed by atoms with van der Waals surface area (Å²) in [6.07, 6.45) is 2.34. The molecule has 0 aliphatic heterocycles. The molecule has 1 aromatic carbocycles. The van der Waals surface area contributed by atoms with Gasteiger partial charge in [-0.05, 0) is 18.6 Å². The Balaban J connectivity index is 2.63. The molecule has 0 fully saturated rings. The molecule has 0 bridgehead atoms. The summed E-state index contributed by atoms with van der Waals surface area (Å²) in [6, 6.07) is 8.28. The minimum Gasteiger partial charge on any atom is -0.493 e. The van der Waals surface area contributed by atoms with E-state index in [4.69, 9.17) is 9.47 Å². The summed E-state index contributed by atoms with van der Waals surface area (Å²) in [6.45, 7) is 7.33. The van der Waals surface area contributed by atoms with E-state index < -0.39 is 0 Å². The van der Waals surface area contributed by atoms with Crippen LogP contribution < -0.4 is 14.8 Å². The standard InChI is InChI=1S/C15H25NO2/c1-5-8-13(11-16-12(2)3)18-15-10-7-6-9-14(15)17-4/h6-7,9-10,12-13,16H,5,8,11H2,1-4H3. The van der Waals surface area contributed by atoms with Crippen LogP contribution in [0, 0.1) is 0 Å². The number of benzene rings is 1. The molecule has 0 heterocycles. The maximum atomic E-state index is 6.04. The molecule has 1 rings (SSSR count). The average molecular weight is 251 g/mol. The van der Waals surface area contributed by atoms with Crippen molar-refractivity contribution in [3.63, 3.8) is 0 Å². The number of ether oxygens (including phenoxy) is 2. The number of hydrogen-bond acceptors (Lipinski definition) is 3. The Morgan fingerprint density at radius 3 is 2.39 bits per heavy atom. The molecule has 0 amide bonds. The minimum atomic E-state index is 0.189. The molecular formula is C15H25NO2. The molecule has 0 spiro atoms. The van der Waals surface area contributed by atoms with Gasteiger partial charge >= 0.3 is 0 Å². The molecule has 1 unspecified atom stereocenters. The van der Waals surface area contributed by atoms with Crippen molar-refractivity contribution in [2.24, 2.45) is 0 Å². The first-order valence-electron chi connectivity index (χ1n) is 6.70. The smallest absolute Gasteiger partial charge is 0.161 e. The van der Waals surface area contributed by atoms with Crippen molar-refractivity contribution in [3.8, 4) is 11.5 Å². The third kappa shape index (κ3) is 4.96. The molecule has 1 atom stereocenters. The van der Waals surface area contributed by atoms with Crippen LogP contribution in [-0.4, -0.2) is 25.8 Å². The van der Waals surface area contributed by atoms with Gasteiger partial charge in [-0.1, -0.05) is 39.3 Å². The molecule has 0 radical (unpaired) electrons. The summed E-state index contributed by atoms with van der Waals surface area (Å²) < 4.78 is 11.3. The fourth-order valence-corrected chi connectivity index (χ4v) is 1.79. The van der Waals surface area contributed by atoms with E-state index in [0.717, 1.165) is 30.9 Å². The highest BCUT2D eigenvalue weighted by molar-refractivity contribution is 5.39. The largest absolute Gasteiger partial charge is 0.493 e. The van der Waals surface area contributed by atoms with Gasteiger partial charge in [0.05, 0.1) is 7.11 Å². The highest BCUT2D eigenvalue weighted by Gasteiger charge is 2.12. The zero-order valence-electron chi connectivity index (χ0n) is 11.9. The highest BCUT2D eigenvalue weighted by atomic mass is 16.5. The van der Waals surface area contributed by atoms with Gasteiger partial charge in [-0.2, -0.15) is 0 Å². The Labute approximate surface area is 110 Å². The molecule has 102 valence electrons. The molecule has 3 nitrogen and oxygen atoms in total. The summed E-state index contributed by atoms with van der Waals surface area (Å²) >= 11 is 0. The van der Waals surface area contributed by atoms with Gasteiger partial charge in [0.1, 0.15) is 6.10 Å². The van der Waals surface area contributed by atoms with Crippen LogP contribution >= 0.6 is 0 Å². The lowest BCUT2D eigenvalue weighted by atomic mass is 10.2. The quantitative estimate of drug-likeness (QED) is 0.769. The Hall–Kier alpha value is -1.22. The second-order valence-electron chi connectivity index (χ2n) is 4.74. The van der Waals surface area contributed by atoms with E-state index in [-0.39, 0.29) is 6.10 Å². The molecule has 18 heavy (non-hydrogen) atoms. The van der Waals surface area contributed by atoms with Crippen LogP contribution in [0.2, 0.25) is 0 Å². The lowest BCUT2D eigenvalue weighted by Gasteiger charge is -2.21. The summed E-state index contributed by atoms with van der Waals surface area (Å²) in [5, 5.41) is 3.42.